The zero-order valence-electron chi connectivity index (χ0n) is 18.2. The molecule has 0 saturated carbocycles. The molecule has 0 radical (unpaired) electrons. The fourth-order valence-corrected chi connectivity index (χ4v) is 4.00. The van der Waals surface area contributed by atoms with Gasteiger partial charge in [-0.3, -0.25) is 6.08 Å². The van der Waals surface area contributed by atoms with Crippen molar-refractivity contribution in [2.75, 3.05) is 0 Å². The first-order chi connectivity index (χ1) is 14.3. The molecule has 2 aliphatic rings. The number of allylic oxidation sites excluding steroid dienone is 1. The molecule has 4 aromatic carbocycles. The topological polar surface area (TPSA) is 0 Å². The van der Waals surface area contributed by atoms with Gasteiger partial charge >= 0.3 is 21.7 Å². The minimum atomic E-state index is 0. The fraction of sp³-hybridized carbons (Fsp3) is 0.100. The standard InChI is InChI=1S/2C13H9.C3H5.CH3.Ti/c2*1-3-7-12-10(5-1)9-11-6-2-4-8-13(11)12;1-3-2;;/h2*1-5,7-8H,9H2;1,3H,2H3;1H3;/q4*-1;+4. The van der Waals surface area contributed by atoms with Gasteiger partial charge in [-0.25, -0.2) is 0 Å². The first-order valence-electron chi connectivity index (χ1n) is 9.97. The molecule has 0 atom stereocenters. The van der Waals surface area contributed by atoms with Crippen LogP contribution in [0, 0.1) is 26.1 Å². The second kappa shape index (κ2) is 11.7. The first kappa shape index (κ1) is 24.6. The first-order valence-corrected chi connectivity index (χ1v) is 9.97. The van der Waals surface area contributed by atoms with Crippen LogP contribution in [0.3, 0.4) is 0 Å². The van der Waals surface area contributed by atoms with Crippen molar-refractivity contribution in [2.24, 2.45) is 0 Å². The molecule has 31 heavy (non-hydrogen) atoms. The molecule has 0 spiro atoms. The van der Waals surface area contributed by atoms with Gasteiger partial charge in [0.15, 0.2) is 0 Å². The van der Waals surface area contributed by atoms with Gasteiger partial charge in [-0.15, -0.1) is 11.1 Å². The Kier molecular flexibility index (Phi) is 9.25. The quantitative estimate of drug-likeness (QED) is 0.171. The molecule has 6 rings (SSSR count). The van der Waals surface area contributed by atoms with E-state index in [1.807, 2.05) is 12.1 Å². The van der Waals surface area contributed by atoms with Crippen LogP contribution in [0.2, 0.25) is 0 Å². The van der Waals surface area contributed by atoms with Crippen LogP contribution >= 0.6 is 0 Å². The number of benzene rings is 4. The van der Waals surface area contributed by atoms with Gasteiger partial charge in [-0.1, -0.05) is 77.7 Å². The van der Waals surface area contributed by atoms with Crippen LogP contribution in [0.1, 0.15) is 29.2 Å². The predicted octanol–water partition coefficient (Wildman–Crippen LogP) is 7.56. The summed E-state index contributed by atoms with van der Waals surface area (Å²) in [6.07, 6.45) is 3.60. The molecule has 150 valence electrons. The second-order valence-corrected chi connectivity index (χ2v) is 7.13. The molecule has 0 N–H and O–H groups in total. The predicted molar refractivity (Wildman–Crippen MR) is 128 cm³/mol. The molecule has 0 nitrogen and oxygen atoms in total. The van der Waals surface area contributed by atoms with E-state index in [-0.39, 0.29) is 29.1 Å². The van der Waals surface area contributed by atoms with Crippen molar-refractivity contribution in [2.45, 2.75) is 19.8 Å². The molecule has 0 heterocycles. The van der Waals surface area contributed by atoms with Gasteiger partial charge in [-0.2, -0.15) is 59.7 Å². The summed E-state index contributed by atoms with van der Waals surface area (Å²) in [6, 6.07) is 36.2. The number of fused-ring (bicyclic) bond motifs is 6. The van der Waals surface area contributed by atoms with Crippen LogP contribution in [0.4, 0.5) is 0 Å². The maximum atomic E-state index is 4.72. The van der Waals surface area contributed by atoms with Gasteiger partial charge < -0.3 is 14.0 Å². The summed E-state index contributed by atoms with van der Waals surface area (Å²) in [5, 5.41) is 0. The van der Waals surface area contributed by atoms with Crippen LogP contribution in [0.15, 0.2) is 91.0 Å². The zero-order chi connectivity index (χ0) is 20.1. The van der Waals surface area contributed by atoms with E-state index in [1.54, 1.807) is 6.92 Å². The third-order valence-electron chi connectivity index (χ3n) is 5.23. The Hall–Kier alpha value is -2.67. The minimum absolute atomic E-state index is 0. The summed E-state index contributed by atoms with van der Waals surface area (Å²) in [7, 11) is 0. The van der Waals surface area contributed by atoms with E-state index in [9.17, 15) is 0 Å². The maximum absolute atomic E-state index is 4.72. The maximum Gasteiger partial charge on any atom is 4.00 e. The molecular weight excluding hydrogens is 408 g/mol. The smallest absolute Gasteiger partial charge is 0.518 e. The van der Waals surface area contributed by atoms with Crippen molar-refractivity contribution < 1.29 is 21.7 Å². The van der Waals surface area contributed by atoms with E-state index in [1.165, 1.54) is 50.6 Å². The van der Waals surface area contributed by atoms with Gasteiger partial charge in [0.2, 0.25) is 0 Å². The van der Waals surface area contributed by atoms with E-state index < -0.39 is 0 Å². The summed E-state index contributed by atoms with van der Waals surface area (Å²) in [6.45, 7) is 6.50. The molecule has 4 aromatic rings. The Labute approximate surface area is 202 Å². The average molecular weight is 434 g/mol. The normalized spacial score (nSPS) is 10.7. The summed E-state index contributed by atoms with van der Waals surface area (Å²) >= 11 is 0. The number of rotatable bonds is 0. The Morgan fingerprint density at radius 3 is 1.42 bits per heavy atom. The molecular formula is C30H26Ti. The Morgan fingerprint density at radius 2 is 1.00 bits per heavy atom. The fourth-order valence-electron chi connectivity index (χ4n) is 4.00. The van der Waals surface area contributed by atoms with Gasteiger partial charge in [0.25, 0.3) is 0 Å². The van der Waals surface area contributed by atoms with E-state index in [4.69, 9.17) is 6.58 Å². The van der Waals surface area contributed by atoms with Crippen molar-refractivity contribution in [1.82, 2.24) is 0 Å². The van der Waals surface area contributed by atoms with Gasteiger partial charge in [0.1, 0.15) is 0 Å². The molecule has 2 aliphatic carbocycles. The van der Waals surface area contributed by atoms with Crippen LogP contribution in [-0.4, -0.2) is 0 Å². The summed E-state index contributed by atoms with van der Waals surface area (Å²) < 4.78 is 0. The second-order valence-electron chi connectivity index (χ2n) is 7.13. The van der Waals surface area contributed by atoms with Crippen molar-refractivity contribution in [3.8, 4) is 22.3 Å². The molecule has 0 aromatic heterocycles. The zero-order valence-corrected chi connectivity index (χ0v) is 19.7. The van der Waals surface area contributed by atoms with Crippen molar-refractivity contribution in [3.05, 3.63) is 139 Å². The molecule has 0 saturated heterocycles. The largest absolute Gasteiger partial charge is 4.00 e. The molecule has 1 heteroatoms. The van der Waals surface area contributed by atoms with Gasteiger partial charge in [0, 0.05) is 0 Å². The Balaban J connectivity index is 0.000000185. The van der Waals surface area contributed by atoms with E-state index in [2.05, 4.69) is 84.9 Å². The molecule has 0 bridgehead atoms. The van der Waals surface area contributed by atoms with Crippen LogP contribution in [0.25, 0.3) is 22.3 Å². The summed E-state index contributed by atoms with van der Waals surface area (Å²) in [5.74, 6) is 0. The third-order valence-corrected chi connectivity index (χ3v) is 5.23. The summed E-state index contributed by atoms with van der Waals surface area (Å²) in [5.41, 5.74) is 11.0. The molecule has 0 aliphatic heterocycles. The minimum Gasteiger partial charge on any atom is -0.518 e. The van der Waals surface area contributed by atoms with Crippen LogP contribution in [0.5, 0.6) is 0 Å². The van der Waals surface area contributed by atoms with Gasteiger partial charge in [-0.05, 0) is 12.8 Å². The van der Waals surface area contributed by atoms with Crippen LogP contribution in [-0.2, 0) is 34.6 Å². The van der Waals surface area contributed by atoms with Crippen LogP contribution < -0.4 is 0 Å². The van der Waals surface area contributed by atoms with E-state index in [0.717, 1.165) is 12.8 Å². The van der Waals surface area contributed by atoms with Crippen molar-refractivity contribution in [3.63, 3.8) is 0 Å². The Bertz CT molecular complexity index is 964. The number of hydrogen-bond acceptors (Lipinski definition) is 0. The van der Waals surface area contributed by atoms with E-state index >= 15 is 0 Å². The molecule has 0 fully saturated rings. The monoisotopic (exact) mass is 434 g/mol. The van der Waals surface area contributed by atoms with Crippen molar-refractivity contribution >= 4 is 0 Å². The average Bonchev–Trinajstić information content (AvgIpc) is 3.33. The third kappa shape index (κ3) is 5.34. The Morgan fingerprint density at radius 1 is 0.645 bits per heavy atom. The molecule has 0 unspecified atom stereocenters. The van der Waals surface area contributed by atoms with Gasteiger partial charge in [0.05, 0.1) is 0 Å². The van der Waals surface area contributed by atoms with E-state index in [0.29, 0.717) is 0 Å². The van der Waals surface area contributed by atoms with Crippen molar-refractivity contribution in [1.29, 1.82) is 0 Å². The number of hydrogen-bond donors (Lipinski definition) is 0. The SMILES string of the molecule is [CH-]=CC.[CH3-].[Ti+4].[c-]1cccc2c1Cc1ccccc1-2.[c-]1cccc2c1Cc1ccccc1-2. The molecule has 0 amide bonds. The summed E-state index contributed by atoms with van der Waals surface area (Å²) in [4.78, 5) is 0.